The highest BCUT2D eigenvalue weighted by atomic mass is 15.2. The van der Waals surface area contributed by atoms with Crippen molar-refractivity contribution < 1.29 is 0 Å². The summed E-state index contributed by atoms with van der Waals surface area (Å²) >= 11 is 0. The van der Waals surface area contributed by atoms with Gasteiger partial charge in [0.05, 0.1) is 17.6 Å². The van der Waals surface area contributed by atoms with E-state index in [1.165, 1.54) is 24.9 Å². The van der Waals surface area contributed by atoms with E-state index in [-0.39, 0.29) is 0 Å². The van der Waals surface area contributed by atoms with Gasteiger partial charge in [0.2, 0.25) is 0 Å². The summed E-state index contributed by atoms with van der Waals surface area (Å²) in [5.74, 6) is 0. The van der Waals surface area contributed by atoms with E-state index in [0.29, 0.717) is 12.1 Å². The van der Waals surface area contributed by atoms with Crippen molar-refractivity contribution in [2.45, 2.75) is 59.0 Å². The van der Waals surface area contributed by atoms with Gasteiger partial charge in [-0.2, -0.15) is 0 Å². The van der Waals surface area contributed by atoms with E-state index in [1.807, 2.05) is 13.2 Å². The highest BCUT2D eigenvalue weighted by Crippen LogP contribution is 2.20. The molecule has 3 nitrogen and oxygen atoms in total. The van der Waals surface area contributed by atoms with Crippen LogP contribution in [-0.4, -0.2) is 24.6 Å². The zero-order chi connectivity index (χ0) is 14.3. The Kier molecular flexibility index (Phi) is 6.85. The van der Waals surface area contributed by atoms with E-state index in [9.17, 15) is 0 Å². The Morgan fingerprint density at radius 2 is 2.00 bits per heavy atom. The molecule has 1 aromatic heterocycles. The fourth-order valence-electron chi connectivity index (χ4n) is 2.12. The summed E-state index contributed by atoms with van der Waals surface area (Å²) in [4.78, 5) is 7.07. The maximum Gasteiger partial charge on any atom is 0.0571 e. The van der Waals surface area contributed by atoms with Crippen LogP contribution in [0, 0.1) is 0 Å². The van der Waals surface area contributed by atoms with Crippen LogP contribution in [0.2, 0.25) is 0 Å². The van der Waals surface area contributed by atoms with Gasteiger partial charge in [-0.25, -0.2) is 0 Å². The molecule has 0 saturated carbocycles. The van der Waals surface area contributed by atoms with Crippen LogP contribution < -0.4 is 10.2 Å². The van der Waals surface area contributed by atoms with Crippen molar-refractivity contribution in [3.8, 4) is 0 Å². The molecule has 0 spiro atoms. The van der Waals surface area contributed by atoms with Gasteiger partial charge >= 0.3 is 0 Å². The Bertz CT molecular complexity index is 348. The average Bonchev–Trinajstić information content (AvgIpc) is 2.47. The van der Waals surface area contributed by atoms with Crippen molar-refractivity contribution >= 4 is 5.69 Å². The molecule has 0 bridgehead atoms. The quantitative estimate of drug-likeness (QED) is 0.774. The molecule has 0 aromatic carbocycles. The van der Waals surface area contributed by atoms with Gasteiger partial charge in [0.1, 0.15) is 0 Å². The van der Waals surface area contributed by atoms with Crippen molar-refractivity contribution in [1.29, 1.82) is 0 Å². The van der Waals surface area contributed by atoms with Crippen molar-refractivity contribution in [2.75, 3.05) is 18.5 Å². The van der Waals surface area contributed by atoms with Crippen LogP contribution >= 0.6 is 0 Å². The molecular formula is C16H29N3. The minimum Gasteiger partial charge on any atom is -0.368 e. The van der Waals surface area contributed by atoms with Crippen molar-refractivity contribution in [1.82, 2.24) is 10.3 Å². The summed E-state index contributed by atoms with van der Waals surface area (Å²) in [6.07, 6.45) is 5.65. The molecule has 1 N–H and O–H groups in total. The molecule has 19 heavy (non-hydrogen) atoms. The number of nitrogens with zero attached hydrogens (tertiary/aromatic N) is 2. The average molecular weight is 263 g/mol. The summed E-state index contributed by atoms with van der Waals surface area (Å²) in [5, 5.41) is 3.22. The molecule has 1 rings (SSSR count). The third kappa shape index (κ3) is 4.50. The molecule has 0 fully saturated rings. The molecular weight excluding hydrogens is 234 g/mol. The van der Waals surface area contributed by atoms with Gasteiger partial charge < -0.3 is 10.2 Å². The van der Waals surface area contributed by atoms with Crippen molar-refractivity contribution in [2.24, 2.45) is 0 Å². The molecule has 2 atom stereocenters. The number of anilines is 1. The summed E-state index contributed by atoms with van der Waals surface area (Å²) in [6.45, 7) is 10.0. The third-order valence-electron chi connectivity index (χ3n) is 3.85. The third-order valence-corrected chi connectivity index (χ3v) is 3.85. The first kappa shape index (κ1) is 16.0. The zero-order valence-electron chi connectivity index (χ0n) is 13.1. The molecule has 0 aliphatic carbocycles. The van der Waals surface area contributed by atoms with Crippen LogP contribution in [0.15, 0.2) is 18.3 Å². The molecule has 2 unspecified atom stereocenters. The normalized spacial score (nSPS) is 14.2. The van der Waals surface area contributed by atoms with E-state index in [0.717, 1.165) is 12.2 Å². The zero-order valence-corrected chi connectivity index (χ0v) is 13.1. The molecule has 108 valence electrons. The smallest absolute Gasteiger partial charge is 0.0571 e. The van der Waals surface area contributed by atoms with E-state index >= 15 is 0 Å². The Morgan fingerprint density at radius 1 is 1.26 bits per heavy atom. The number of hydrogen-bond donors (Lipinski definition) is 1. The first-order chi connectivity index (χ1) is 9.13. The second kappa shape index (κ2) is 8.16. The fourth-order valence-corrected chi connectivity index (χ4v) is 2.12. The topological polar surface area (TPSA) is 28.2 Å². The molecule has 0 radical (unpaired) electrons. The molecule has 0 amide bonds. The lowest BCUT2D eigenvalue weighted by molar-refractivity contribution is 0.592. The largest absolute Gasteiger partial charge is 0.368 e. The molecule has 0 saturated heterocycles. The first-order valence-electron chi connectivity index (χ1n) is 7.53. The summed E-state index contributed by atoms with van der Waals surface area (Å²) in [5.41, 5.74) is 2.35. The lowest BCUT2D eigenvalue weighted by Crippen LogP contribution is -2.33. The minimum absolute atomic E-state index is 0.307. The van der Waals surface area contributed by atoms with Gasteiger partial charge in [0.25, 0.3) is 0 Å². The molecule has 0 aliphatic rings. The van der Waals surface area contributed by atoms with Crippen molar-refractivity contribution in [3.63, 3.8) is 0 Å². The van der Waals surface area contributed by atoms with Crippen molar-refractivity contribution in [3.05, 3.63) is 24.0 Å². The first-order valence-corrected chi connectivity index (χ1v) is 7.53. The van der Waals surface area contributed by atoms with Gasteiger partial charge in [-0.05, 0) is 45.9 Å². The number of hydrogen-bond acceptors (Lipinski definition) is 3. The molecule has 0 aliphatic heterocycles. The second-order valence-electron chi connectivity index (χ2n) is 5.26. The van der Waals surface area contributed by atoms with Gasteiger partial charge in [0, 0.05) is 18.6 Å². The minimum atomic E-state index is 0.307. The Balaban J connectivity index is 2.84. The van der Waals surface area contributed by atoms with Crippen LogP contribution in [0.25, 0.3) is 0 Å². The van der Waals surface area contributed by atoms with E-state index in [4.69, 9.17) is 0 Å². The maximum atomic E-state index is 4.59. The lowest BCUT2D eigenvalue weighted by atomic mass is 10.1. The number of pyridine rings is 1. The number of rotatable bonds is 8. The van der Waals surface area contributed by atoms with Gasteiger partial charge in [-0.1, -0.05) is 20.3 Å². The summed E-state index contributed by atoms with van der Waals surface area (Å²) in [7, 11) is 1.97. The van der Waals surface area contributed by atoms with Gasteiger partial charge in [0.15, 0.2) is 0 Å². The summed E-state index contributed by atoms with van der Waals surface area (Å²) in [6, 6.07) is 5.22. The highest BCUT2D eigenvalue weighted by molar-refractivity contribution is 5.45. The lowest BCUT2D eigenvalue weighted by Gasteiger charge is -2.30. The van der Waals surface area contributed by atoms with E-state index < -0.39 is 0 Å². The monoisotopic (exact) mass is 263 g/mol. The standard InChI is InChI=1S/C16H29N3/c1-6-8-11-19(13(3)7-2)15-9-10-16(18-12-15)14(4)17-5/h9-10,12-14,17H,6-8,11H2,1-5H3. The Hall–Kier alpha value is -1.09. The van der Waals surface area contributed by atoms with Crippen LogP contribution in [0.3, 0.4) is 0 Å². The molecule has 1 aromatic rings. The summed E-state index contributed by atoms with van der Waals surface area (Å²) < 4.78 is 0. The Morgan fingerprint density at radius 3 is 2.47 bits per heavy atom. The van der Waals surface area contributed by atoms with E-state index in [2.05, 4.69) is 55.0 Å². The van der Waals surface area contributed by atoms with Crippen LogP contribution in [0.4, 0.5) is 5.69 Å². The predicted molar refractivity (Wildman–Crippen MR) is 83.7 cm³/mol. The number of nitrogens with one attached hydrogen (secondary N) is 1. The fraction of sp³-hybridized carbons (Fsp3) is 0.688. The maximum absolute atomic E-state index is 4.59. The number of aromatic nitrogens is 1. The van der Waals surface area contributed by atoms with Crippen LogP contribution in [0.1, 0.15) is 58.7 Å². The van der Waals surface area contributed by atoms with Gasteiger partial charge in [-0.15, -0.1) is 0 Å². The SMILES string of the molecule is CCCCN(c1ccc(C(C)NC)nc1)C(C)CC. The molecule has 1 heterocycles. The molecule has 3 heteroatoms. The number of unbranched alkanes of at least 4 members (excludes halogenated alkanes) is 1. The van der Waals surface area contributed by atoms with Gasteiger partial charge in [-0.3, -0.25) is 4.98 Å². The highest BCUT2D eigenvalue weighted by Gasteiger charge is 2.13. The predicted octanol–water partition coefficient (Wildman–Crippen LogP) is 3.77. The van der Waals surface area contributed by atoms with E-state index in [1.54, 1.807) is 0 Å². The second-order valence-corrected chi connectivity index (χ2v) is 5.26. The van der Waals surface area contributed by atoms with Crippen LogP contribution in [-0.2, 0) is 0 Å². The Labute approximate surface area is 118 Å². The van der Waals surface area contributed by atoms with Crippen LogP contribution in [0.5, 0.6) is 0 Å².